The molecule has 10 rings (SSSR count). The van der Waals surface area contributed by atoms with Crippen LogP contribution in [0.1, 0.15) is 118 Å². The number of nitrogens with zero attached hydrogens (tertiary/aromatic N) is 4. The molecule has 1 spiro atoms. The lowest BCUT2D eigenvalue weighted by Gasteiger charge is -2.56. The topological polar surface area (TPSA) is 172 Å². The molecule has 2 aliphatic carbocycles. The third-order valence-electron chi connectivity index (χ3n) is 15.3. The van der Waals surface area contributed by atoms with E-state index in [1.165, 1.54) is 67.4 Å². The first-order valence-corrected chi connectivity index (χ1v) is 25.1. The van der Waals surface area contributed by atoms with E-state index in [1.54, 1.807) is 12.1 Å². The Morgan fingerprint density at radius 3 is 2.56 bits per heavy atom. The molecule has 3 aliphatic heterocycles. The van der Waals surface area contributed by atoms with Gasteiger partial charge in [0, 0.05) is 55.3 Å². The molecule has 1 amide bonds. The van der Waals surface area contributed by atoms with Crippen LogP contribution in [0.5, 0.6) is 17.2 Å². The number of rotatable bonds is 11. The molecular formula is C50H58FN7O7S. The number of nitrogens with one attached hydrogen (secondary N) is 3. The van der Waals surface area contributed by atoms with Crippen molar-refractivity contribution in [2.24, 2.45) is 17.3 Å². The number of aromatic amines is 1. The number of aromatic nitrogens is 2. The second-order valence-electron chi connectivity index (χ2n) is 19.8. The highest BCUT2D eigenvalue weighted by molar-refractivity contribution is 7.90. The molecule has 0 bridgehead atoms. The van der Waals surface area contributed by atoms with Gasteiger partial charge < -0.3 is 24.7 Å². The summed E-state index contributed by atoms with van der Waals surface area (Å²) in [6, 6.07) is 18.4. The number of pyridine rings is 1. The zero-order valence-electron chi connectivity index (χ0n) is 37.7. The van der Waals surface area contributed by atoms with Crippen LogP contribution in [-0.4, -0.2) is 72.4 Å². The van der Waals surface area contributed by atoms with Crippen LogP contribution >= 0.6 is 0 Å². The predicted octanol–water partition coefficient (Wildman–Crippen LogP) is 10.2. The first kappa shape index (κ1) is 44.1. The third kappa shape index (κ3) is 8.46. The molecule has 14 nitrogen and oxygen atoms in total. The van der Waals surface area contributed by atoms with E-state index in [0.717, 1.165) is 69.9 Å². The molecular weight excluding hydrogens is 862 g/mol. The highest BCUT2D eigenvalue weighted by Crippen LogP contribution is 2.54. The van der Waals surface area contributed by atoms with Gasteiger partial charge in [0.25, 0.3) is 21.6 Å². The normalized spacial score (nSPS) is 23.3. The number of piperidine rings is 1. The van der Waals surface area contributed by atoms with E-state index in [2.05, 4.69) is 74.8 Å². The summed E-state index contributed by atoms with van der Waals surface area (Å²) in [5.41, 5.74) is 3.86. The number of anilines is 2. The van der Waals surface area contributed by atoms with E-state index in [0.29, 0.717) is 29.6 Å². The van der Waals surface area contributed by atoms with Crippen molar-refractivity contribution in [3.05, 3.63) is 106 Å². The molecule has 5 heterocycles. The number of hydrogen-bond donors (Lipinski definition) is 3. The Hall–Kier alpha value is -5.74. The highest BCUT2D eigenvalue weighted by atomic mass is 32.2. The standard InChI is InChI=1S/C50H58FN7O7S/c1-30(2)37-7-4-5-8-38(37)43-9-6-18-57(43)34-25-50(26-34)16-19-56(20-17-50)33-14-15-39(45(21-33)65-35-22-40-41(51)28-53-48(40)52-27-35)49(59)55-66(62,63)36-23-44(58(60)61)47-46(24-36)64-29-42(54-47)32-12-10-31(3)11-13-32/h4-5,7-8,14-15,21-24,27-28,30-32,34,42-43,54H,6,9-13,16-20,25-26,29H2,1-3H3,(H,52,53)(H,55,59)/t31?,32?,42-,43+/m1/s1. The van der Waals surface area contributed by atoms with Crippen molar-refractivity contribution in [2.75, 3.05) is 36.5 Å². The number of carbonyl (C=O) groups excluding carboxylic acids is 1. The summed E-state index contributed by atoms with van der Waals surface area (Å²) < 4.78 is 57.0. The number of nitro groups is 1. The molecule has 5 aromatic rings. The molecule has 3 aromatic carbocycles. The second kappa shape index (κ2) is 17.5. The van der Waals surface area contributed by atoms with Gasteiger partial charge in [-0.3, -0.25) is 19.8 Å². The van der Waals surface area contributed by atoms with Crippen molar-refractivity contribution in [1.82, 2.24) is 19.6 Å². The van der Waals surface area contributed by atoms with Crippen molar-refractivity contribution in [1.29, 1.82) is 0 Å². The summed E-state index contributed by atoms with van der Waals surface area (Å²) in [6.45, 7) is 9.72. The number of carbonyl (C=O) groups is 1. The maximum absolute atomic E-state index is 14.7. The monoisotopic (exact) mass is 919 g/mol. The van der Waals surface area contributed by atoms with Crippen molar-refractivity contribution >= 4 is 44.0 Å². The number of likely N-dealkylation sites (tertiary alicyclic amines) is 1. The predicted molar refractivity (Wildman–Crippen MR) is 250 cm³/mol. The molecule has 0 radical (unpaired) electrons. The lowest BCUT2D eigenvalue weighted by Crippen LogP contribution is -2.54. The maximum atomic E-state index is 14.7. The van der Waals surface area contributed by atoms with E-state index in [1.807, 2.05) is 0 Å². The number of halogens is 1. The lowest BCUT2D eigenvalue weighted by atomic mass is 9.59. The second-order valence-corrected chi connectivity index (χ2v) is 21.5. The average Bonchev–Trinajstić information content (AvgIpc) is 3.94. The number of ether oxygens (including phenoxy) is 2. The van der Waals surface area contributed by atoms with Gasteiger partial charge in [-0.2, -0.15) is 0 Å². The number of benzene rings is 3. The van der Waals surface area contributed by atoms with Crippen molar-refractivity contribution in [3.63, 3.8) is 0 Å². The molecule has 5 aliphatic rings. The third-order valence-corrected chi connectivity index (χ3v) is 16.6. The van der Waals surface area contributed by atoms with E-state index >= 15 is 0 Å². The van der Waals surface area contributed by atoms with Crippen LogP contribution < -0.4 is 24.4 Å². The maximum Gasteiger partial charge on any atom is 0.297 e. The molecule has 4 fully saturated rings. The zero-order chi connectivity index (χ0) is 45.9. The fourth-order valence-electron chi connectivity index (χ4n) is 11.6. The van der Waals surface area contributed by atoms with Crippen LogP contribution in [0.4, 0.5) is 21.5 Å². The summed E-state index contributed by atoms with van der Waals surface area (Å²) in [5, 5.41) is 15.9. The minimum Gasteiger partial charge on any atom is -0.489 e. The highest BCUT2D eigenvalue weighted by Gasteiger charge is 2.50. The summed E-state index contributed by atoms with van der Waals surface area (Å²) >= 11 is 0. The number of fused-ring (bicyclic) bond motifs is 2. The Morgan fingerprint density at radius 1 is 1.03 bits per heavy atom. The molecule has 66 heavy (non-hydrogen) atoms. The fourth-order valence-corrected chi connectivity index (χ4v) is 12.6. The van der Waals surface area contributed by atoms with Gasteiger partial charge in [-0.25, -0.2) is 22.5 Å². The van der Waals surface area contributed by atoms with Crippen molar-refractivity contribution < 1.29 is 32.0 Å². The quantitative estimate of drug-likeness (QED) is 0.0850. The van der Waals surface area contributed by atoms with Crippen molar-refractivity contribution in [2.45, 2.75) is 114 Å². The summed E-state index contributed by atoms with van der Waals surface area (Å²) in [5.74, 6) is 0.0386. The van der Waals surface area contributed by atoms with E-state index in [-0.39, 0.29) is 57.9 Å². The van der Waals surface area contributed by atoms with Gasteiger partial charge in [0.1, 0.15) is 29.6 Å². The van der Waals surface area contributed by atoms with Gasteiger partial charge in [-0.15, -0.1) is 0 Å². The number of nitro benzene ring substituents is 1. The summed E-state index contributed by atoms with van der Waals surface area (Å²) in [4.78, 5) is 37.4. The number of sulfonamides is 1. The summed E-state index contributed by atoms with van der Waals surface area (Å²) in [6.07, 6.45) is 13.4. The molecule has 0 unspecified atom stereocenters. The Kier molecular flexibility index (Phi) is 11.7. The first-order valence-electron chi connectivity index (χ1n) is 23.6. The average molecular weight is 920 g/mol. The Morgan fingerprint density at radius 2 is 1.80 bits per heavy atom. The largest absolute Gasteiger partial charge is 0.489 e. The Balaban J connectivity index is 0.865. The van der Waals surface area contributed by atoms with Crippen LogP contribution in [0, 0.1) is 33.2 Å². The lowest BCUT2D eigenvalue weighted by molar-refractivity contribution is -0.384. The summed E-state index contributed by atoms with van der Waals surface area (Å²) in [7, 11) is -4.68. The Bertz CT molecular complexity index is 2770. The van der Waals surface area contributed by atoms with Crippen LogP contribution in [0.3, 0.4) is 0 Å². The van der Waals surface area contributed by atoms with Crippen LogP contribution in [0.2, 0.25) is 0 Å². The smallest absolute Gasteiger partial charge is 0.297 e. The van der Waals surface area contributed by atoms with Crippen LogP contribution in [0.15, 0.2) is 78.0 Å². The molecule has 348 valence electrons. The number of hydrogen-bond acceptors (Lipinski definition) is 11. The number of amides is 1. The van der Waals surface area contributed by atoms with E-state index in [4.69, 9.17) is 9.47 Å². The zero-order valence-corrected chi connectivity index (χ0v) is 38.5. The van der Waals surface area contributed by atoms with E-state index in [9.17, 15) is 27.7 Å². The Labute approximate surface area is 384 Å². The molecule has 3 N–H and O–H groups in total. The number of H-pyrrole nitrogens is 1. The van der Waals surface area contributed by atoms with Gasteiger partial charge in [-0.05, 0) is 110 Å². The molecule has 2 saturated carbocycles. The van der Waals surface area contributed by atoms with Crippen LogP contribution in [-0.2, 0) is 10.0 Å². The van der Waals surface area contributed by atoms with Gasteiger partial charge in [0.05, 0.1) is 33.0 Å². The van der Waals surface area contributed by atoms with Gasteiger partial charge in [0.15, 0.2) is 11.4 Å². The molecule has 16 heteroatoms. The van der Waals surface area contributed by atoms with E-state index < -0.39 is 37.3 Å². The minimum absolute atomic E-state index is 0.0269. The van der Waals surface area contributed by atoms with Gasteiger partial charge >= 0.3 is 0 Å². The molecule has 2 atom stereocenters. The van der Waals surface area contributed by atoms with Gasteiger partial charge in [0.2, 0.25) is 0 Å². The van der Waals surface area contributed by atoms with Crippen LogP contribution in [0.25, 0.3) is 11.0 Å². The van der Waals surface area contributed by atoms with Gasteiger partial charge in [-0.1, -0.05) is 57.9 Å². The molecule has 2 saturated heterocycles. The van der Waals surface area contributed by atoms with Crippen molar-refractivity contribution in [3.8, 4) is 17.2 Å². The minimum atomic E-state index is -4.68. The first-order chi connectivity index (χ1) is 31.7. The fraction of sp³-hybridized carbons (Fsp3) is 0.480. The molecule has 2 aromatic heterocycles. The SMILES string of the molecule is CC1CCC([C@H]2COc3cc(S(=O)(=O)NC(=O)c4ccc(N5CCC6(CC5)CC(N5CCC[C@H]5c5ccccc5C(C)C)C6)cc4Oc4cnc5[nH]cc(F)c5c4)cc([N+](=O)[O-])c3N2)CC1.